The van der Waals surface area contributed by atoms with E-state index in [1.807, 2.05) is 36.4 Å². The van der Waals surface area contributed by atoms with Crippen molar-refractivity contribution in [3.8, 4) is 0 Å². The molecule has 0 bridgehead atoms. The lowest BCUT2D eigenvalue weighted by Gasteiger charge is -2.36. The molecule has 0 N–H and O–H groups in total. The Morgan fingerprint density at radius 3 is 2.11 bits per heavy atom. The van der Waals surface area contributed by atoms with Gasteiger partial charge in [0, 0.05) is 6.08 Å². The highest BCUT2D eigenvalue weighted by Crippen LogP contribution is 2.38. The first-order valence-corrected chi connectivity index (χ1v) is 9.17. The average Bonchev–Trinajstić information content (AvgIpc) is 2.27. The largest absolute Gasteiger partial charge is 0.519 e. The lowest BCUT2D eigenvalue weighted by molar-refractivity contribution is 0.145. The lowest BCUT2D eigenvalue weighted by atomic mass is 10.2. The van der Waals surface area contributed by atoms with Gasteiger partial charge in [-0.2, -0.15) is 0 Å². The first-order chi connectivity index (χ1) is 8.26. The third-order valence-corrected chi connectivity index (χ3v) is 7.77. The van der Waals surface area contributed by atoms with Gasteiger partial charge in [0.25, 0.3) is 14.3 Å². The highest BCUT2D eigenvalue weighted by atomic mass is 28.4. The van der Waals surface area contributed by atoms with E-state index < -0.39 is 8.32 Å². The van der Waals surface area contributed by atoms with Crippen LogP contribution in [0.25, 0.3) is 6.08 Å². The van der Waals surface area contributed by atoms with Crippen LogP contribution in [0, 0.1) is 0 Å². The van der Waals surface area contributed by atoms with E-state index in [1.165, 1.54) is 0 Å². The molecule has 1 rings (SSSR count). The van der Waals surface area contributed by atoms with Crippen LogP contribution in [0.1, 0.15) is 26.3 Å². The summed E-state index contributed by atoms with van der Waals surface area (Å²) in [6.45, 7) is 11.1. The Labute approximate surface area is 112 Å². The topological polar surface area (TPSA) is 18.5 Å². The molecule has 0 heterocycles. The summed E-state index contributed by atoms with van der Waals surface area (Å²) in [6, 6.07) is 10.1. The molecule has 18 heavy (non-hydrogen) atoms. The fourth-order valence-electron chi connectivity index (χ4n) is 1.22. The van der Waals surface area contributed by atoms with Crippen LogP contribution in [0.2, 0.25) is 18.1 Å². The summed E-state index contributed by atoms with van der Waals surface area (Å²) in [5, 5.41) is 0.168. The number of hydrogen-bond acceptors (Lipinski definition) is 2. The Hall–Kier alpha value is -1.22. The van der Waals surface area contributed by atoms with E-state index in [0.717, 1.165) is 5.56 Å². The van der Waals surface area contributed by atoms with E-state index in [2.05, 4.69) is 33.9 Å². The quantitative estimate of drug-likeness (QED) is 0.582. The van der Waals surface area contributed by atoms with Crippen molar-refractivity contribution in [2.45, 2.75) is 38.9 Å². The highest BCUT2D eigenvalue weighted by molar-refractivity contribution is 6.74. The molecule has 3 heteroatoms. The summed E-state index contributed by atoms with van der Waals surface area (Å²) >= 11 is 0. The van der Waals surface area contributed by atoms with Crippen molar-refractivity contribution in [2.24, 2.45) is 0 Å². The standard InChI is InChI=1S/C15H24O2Si/c1-15(2,3)18(5,6)17-14(16-4)12-13-10-8-7-9-11-13/h7-12H,1-6H3/b14-12+. The Morgan fingerprint density at radius 2 is 1.67 bits per heavy atom. The van der Waals surface area contributed by atoms with E-state index >= 15 is 0 Å². The van der Waals surface area contributed by atoms with Crippen molar-refractivity contribution < 1.29 is 9.16 Å². The first kappa shape index (κ1) is 14.8. The average molecular weight is 264 g/mol. The van der Waals surface area contributed by atoms with Crippen molar-refractivity contribution in [1.82, 2.24) is 0 Å². The van der Waals surface area contributed by atoms with Crippen LogP contribution >= 0.6 is 0 Å². The molecule has 0 spiro atoms. The van der Waals surface area contributed by atoms with Gasteiger partial charge < -0.3 is 9.16 Å². The Kier molecular flexibility index (Phi) is 4.63. The van der Waals surface area contributed by atoms with E-state index in [-0.39, 0.29) is 5.04 Å². The zero-order chi connectivity index (χ0) is 13.8. The zero-order valence-electron chi connectivity index (χ0n) is 12.3. The summed E-state index contributed by atoms with van der Waals surface area (Å²) in [7, 11) is -0.181. The Bertz CT molecular complexity index is 402. The number of rotatable bonds is 4. The van der Waals surface area contributed by atoms with Crippen LogP contribution in [0.5, 0.6) is 0 Å². The monoisotopic (exact) mass is 264 g/mol. The molecule has 2 nitrogen and oxygen atoms in total. The number of benzene rings is 1. The maximum Gasteiger partial charge on any atom is 0.265 e. The van der Waals surface area contributed by atoms with Gasteiger partial charge in [-0.1, -0.05) is 51.1 Å². The van der Waals surface area contributed by atoms with Crippen LogP contribution < -0.4 is 0 Å². The Morgan fingerprint density at radius 1 is 1.11 bits per heavy atom. The minimum Gasteiger partial charge on any atom is -0.519 e. The third-order valence-electron chi connectivity index (χ3n) is 3.45. The smallest absolute Gasteiger partial charge is 0.265 e. The van der Waals surface area contributed by atoms with Crippen molar-refractivity contribution in [2.75, 3.05) is 7.11 Å². The summed E-state index contributed by atoms with van der Waals surface area (Å²) < 4.78 is 11.5. The molecule has 0 unspecified atom stereocenters. The Balaban J connectivity index is 2.90. The van der Waals surface area contributed by atoms with E-state index in [9.17, 15) is 0 Å². The van der Waals surface area contributed by atoms with Gasteiger partial charge in [0.05, 0.1) is 7.11 Å². The molecule has 0 fully saturated rings. The predicted octanol–water partition coefficient (Wildman–Crippen LogP) is 4.65. The molecule has 0 radical (unpaired) electrons. The van der Waals surface area contributed by atoms with Crippen molar-refractivity contribution >= 4 is 14.4 Å². The normalized spacial score (nSPS) is 13.3. The summed E-state index contributed by atoms with van der Waals surface area (Å²) in [5.41, 5.74) is 1.09. The first-order valence-electron chi connectivity index (χ1n) is 6.26. The molecule has 0 saturated heterocycles. The number of hydrogen-bond donors (Lipinski definition) is 0. The van der Waals surface area contributed by atoms with Gasteiger partial charge in [-0.15, -0.1) is 0 Å². The highest BCUT2D eigenvalue weighted by Gasteiger charge is 2.39. The van der Waals surface area contributed by atoms with Crippen molar-refractivity contribution in [3.63, 3.8) is 0 Å². The van der Waals surface area contributed by atoms with Crippen LogP contribution in [-0.2, 0) is 9.16 Å². The lowest BCUT2D eigenvalue weighted by Crippen LogP contribution is -2.40. The maximum atomic E-state index is 6.13. The van der Waals surface area contributed by atoms with Gasteiger partial charge >= 0.3 is 0 Å². The summed E-state index contributed by atoms with van der Waals surface area (Å²) in [4.78, 5) is 0. The summed E-state index contributed by atoms with van der Waals surface area (Å²) in [6.07, 6.45) is 1.94. The van der Waals surface area contributed by atoms with E-state index in [1.54, 1.807) is 7.11 Å². The minimum atomic E-state index is -1.84. The molecule has 100 valence electrons. The van der Waals surface area contributed by atoms with Crippen LogP contribution in [-0.4, -0.2) is 15.4 Å². The molecule has 0 aromatic heterocycles. The van der Waals surface area contributed by atoms with Crippen LogP contribution in [0.4, 0.5) is 0 Å². The number of ether oxygens (including phenoxy) is 1. The molecule has 0 aliphatic rings. The van der Waals surface area contributed by atoms with Gasteiger partial charge in [-0.3, -0.25) is 0 Å². The molecule has 0 amide bonds. The van der Waals surface area contributed by atoms with Crippen molar-refractivity contribution in [3.05, 3.63) is 41.8 Å². The van der Waals surface area contributed by atoms with Gasteiger partial charge in [0.2, 0.25) is 0 Å². The molecular formula is C15H24O2Si. The minimum absolute atomic E-state index is 0.168. The predicted molar refractivity (Wildman–Crippen MR) is 79.7 cm³/mol. The fourth-order valence-corrected chi connectivity index (χ4v) is 2.17. The second-order valence-electron chi connectivity index (χ2n) is 5.94. The van der Waals surface area contributed by atoms with Gasteiger partial charge in [-0.25, -0.2) is 0 Å². The van der Waals surface area contributed by atoms with Gasteiger partial charge in [-0.05, 0) is 23.7 Å². The van der Waals surface area contributed by atoms with Gasteiger partial charge in [0.15, 0.2) is 0 Å². The van der Waals surface area contributed by atoms with E-state index in [0.29, 0.717) is 5.95 Å². The fraction of sp³-hybridized carbons (Fsp3) is 0.467. The molecule has 0 saturated carbocycles. The zero-order valence-corrected chi connectivity index (χ0v) is 13.3. The molecule has 0 aliphatic carbocycles. The number of methoxy groups -OCH3 is 1. The SMILES string of the molecule is CO/C(=C\c1ccccc1)O[Si](C)(C)C(C)(C)C. The molecule has 0 atom stereocenters. The molecule has 1 aromatic rings. The molecular weight excluding hydrogens is 240 g/mol. The van der Waals surface area contributed by atoms with Crippen LogP contribution in [0.15, 0.2) is 36.3 Å². The second-order valence-corrected chi connectivity index (χ2v) is 10.7. The third kappa shape index (κ3) is 3.91. The second kappa shape index (κ2) is 5.61. The molecule has 1 aromatic carbocycles. The summed E-state index contributed by atoms with van der Waals surface area (Å²) in [5.74, 6) is 0.604. The van der Waals surface area contributed by atoms with E-state index in [4.69, 9.17) is 9.16 Å². The van der Waals surface area contributed by atoms with Crippen LogP contribution in [0.3, 0.4) is 0 Å². The van der Waals surface area contributed by atoms with Crippen molar-refractivity contribution in [1.29, 1.82) is 0 Å². The maximum absolute atomic E-state index is 6.13. The molecule has 0 aliphatic heterocycles. The van der Waals surface area contributed by atoms with Gasteiger partial charge in [0.1, 0.15) is 0 Å².